The maximum Gasteiger partial charge on any atom is 0.166 e. The lowest BCUT2D eigenvalue weighted by molar-refractivity contribution is -0.127. The molecule has 2 aromatic carbocycles. The Morgan fingerprint density at radius 2 is 1.16 bits per heavy atom. The quantitative estimate of drug-likeness (QED) is 0.399. The second kappa shape index (κ2) is 12.3. The van der Waals surface area contributed by atoms with Crippen molar-refractivity contribution in [2.24, 2.45) is 11.7 Å². The smallest absolute Gasteiger partial charge is 0.166 e. The Balaban J connectivity index is 2.16. The van der Waals surface area contributed by atoms with Crippen LogP contribution in [0.25, 0.3) is 12.2 Å². The van der Waals surface area contributed by atoms with Gasteiger partial charge >= 0.3 is 0 Å². The number of nitrogens with two attached hydrogens (primary N) is 1. The zero-order valence-electron chi connectivity index (χ0n) is 18.8. The molecule has 32 heavy (non-hydrogen) atoms. The van der Waals surface area contributed by atoms with E-state index in [1.54, 1.807) is 62.8 Å². The third-order valence-electron chi connectivity index (χ3n) is 4.84. The number of hydrogen-bond donors (Lipinski definition) is 1. The summed E-state index contributed by atoms with van der Waals surface area (Å²) >= 11 is 0. The number of allylic oxidation sites excluding steroid dienone is 2. The average molecular weight is 440 g/mol. The van der Waals surface area contributed by atoms with Gasteiger partial charge in [0.05, 0.1) is 34.4 Å². The van der Waals surface area contributed by atoms with Crippen LogP contribution in [-0.2, 0) is 9.59 Å². The molecular formula is C25H29NO6. The third-order valence-corrected chi connectivity index (χ3v) is 4.84. The van der Waals surface area contributed by atoms with Crippen molar-refractivity contribution in [1.29, 1.82) is 0 Å². The van der Waals surface area contributed by atoms with Crippen LogP contribution in [0.4, 0.5) is 0 Å². The van der Waals surface area contributed by atoms with Gasteiger partial charge in [-0.3, -0.25) is 9.59 Å². The molecule has 0 aliphatic rings. The lowest BCUT2D eigenvalue weighted by atomic mass is 9.93. The number of benzene rings is 2. The van der Waals surface area contributed by atoms with Gasteiger partial charge in [-0.1, -0.05) is 24.3 Å². The molecule has 2 N–H and O–H groups in total. The first-order valence-corrected chi connectivity index (χ1v) is 10.0. The van der Waals surface area contributed by atoms with E-state index in [9.17, 15) is 9.59 Å². The fourth-order valence-electron chi connectivity index (χ4n) is 3.09. The predicted molar refractivity (Wildman–Crippen MR) is 124 cm³/mol. The van der Waals surface area contributed by atoms with Gasteiger partial charge in [-0.05, 0) is 60.5 Å². The van der Waals surface area contributed by atoms with Crippen LogP contribution in [0.2, 0.25) is 0 Å². The molecule has 0 aromatic heterocycles. The first-order valence-electron chi connectivity index (χ1n) is 10.0. The van der Waals surface area contributed by atoms with Crippen molar-refractivity contribution >= 4 is 23.7 Å². The number of hydrogen-bond acceptors (Lipinski definition) is 7. The van der Waals surface area contributed by atoms with Gasteiger partial charge in [0, 0.05) is 0 Å². The van der Waals surface area contributed by atoms with Crippen molar-refractivity contribution in [3.63, 3.8) is 0 Å². The maximum atomic E-state index is 12.7. The zero-order valence-corrected chi connectivity index (χ0v) is 18.8. The highest BCUT2D eigenvalue weighted by Crippen LogP contribution is 2.29. The average Bonchev–Trinajstić information content (AvgIpc) is 2.83. The summed E-state index contributed by atoms with van der Waals surface area (Å²) < 4.78 is 21.0. The van der Waals surface area contributed by atoms with Gasteiger partial charge < -0.3 is 24.7 Å². The molecule has 0 saturated heterocycles. The molecule has 170 valence electrons. The van der Waals surface area contributed by atoms with Gasteiger partial charge in [0.15, 0.2) is 34.6 Å². The van der Waals surface area contributed by atoms with Gasteiger partial charge in [-0.15, -0.1) is 0 Å². The lowest BCUT2D eigenvalue weighted by Crippen LogP contribution is -2.24. The Hall–Kier alpha value is -3.58. The summed E-state index contributed by atoms with van der Waals surface area (Å²) in [6.07, 6.45) is 6.32. The van der Waals surface area contributed by atoms with E-state index in [2.05, 4.69) is 0 Å². The molecule has 0 fully saturated rings. The molecule has 2 rings (SSSR count). The first kappa shape index (κ1) is 24.7. The summed E-state index contributed by atoms with van der Waals surface area (Å²) in [5.74, 6) is 0.802. The highest BCUT2D eigenvalue weighted by Gasteiger charge is 2.22. The topological polar surface area (TPSA) is 97.1 Å². The normalized spacial score (nSPS) is 12.0. The third kappa shape index (κ3) is 6.46. The van der Waals surface area contributed by atoms with Crippen molar-refractivity contribution in [2.45, 2.75) is 6.42 Å². The molecule has 0 radical (unpaired) electrons. The molecule has 0 spiro atoms. The summed E-state index contributed by atoms with van der Waals surface area (Å²) in [4.78, 5) is 25.5. The second-order valence-electron chi connectivity index (χ2n) is 6.83. The summed E-state index contributed by atoms with van der Waals surface area (Å²) in [7, 11) is 6.18. The minimum absolute atomic E-state index is 0.219. The van der Waals surface area contributed by atoms with E-state index in [-0.39, 0.29) is 24.5 Å². The SMILES string of the molecule is COc1ccc(C=CC(=O)C(CCN)C(=O)C=Cc2ccc(OC)c(OC)c2)cc1OC. The van der Waals surface area contributed by atoms with E-state index in [4.69, 9.17) is 24.7 Å². The van der Waals surface area contributed by atoms with Gasteiger partial charge in [0.2, 0.25) is 0 Å². The van der Waals surface area contributed by atoms with Gasteiger partial charge in [-0.2, -0.15) is 0 Å². The van der Waals surface area contributed by atoms with Crippen LogP contribution >= 0.6 is 0 Å². The molecule has 7 nitrogen and oxygen atoms in total. The van der Waals surface area contributed by atoms with Crippen LogP contribution in [0.15, 0.2) is 48.6 Å². The number of ether oxygens (including phenoxy) is 4. The Morgan fingerprint density at radius 3 is 1.50 bits per heavy atom. The Kier molecular flexibility index (Phi) is 9.50. The number of rotatable bonds is 12. The molecule has 0 bridgehead atoms. The maximum absolute atomic E-state index is 12.7. The van der Waals surface area contributed by atoms with Gasteiger partial charge in [0.25, 0.3) is 0 Å². The number of carbonyl (C=O) groups is 2. The van der Waals surface area contributed by atoms with E-state index in [1.165, 1.54) is 26.4 Å². The largest absolute Gasteiger partial charge is 0.493 e. The van der Waals surface area contributed by atoms with E-state index >= 15 is 0 Å². The summed E-state index contributed by atoms with van der Waals surface area (Å²) in [6, 6.07) is 10.6. The molecule has 0 aliphatic carbocycles. The Morgan fingerprint density at radius 1 is 0.750 bits per heavy atom. The van der Waals surface area contributed by atoms with Crippen molar-refractivity contribution < 1.29 is 28.5 Å². The van der Waals surface area contributed by atoms with Gasteiger partial charge in [-0.25, -0.2) is 0 Å². The van der Waals surface area contributed by atoms with Gasteiger partial charge in [0.1, 0.15) is 0 Å². The molecular weight excluding hydrogens is 410 g/mol. The zero-order chi connectivity index (χ0) is 23.5. The fraction of sp³-hybridized carbons (Fsp3) is 0.280. The molecule has 0 heterocycles. The molecule has 2 aromatic rings. The predicted octanol–water partition coefficient (Wildman–Crippen LogP) is 3.55. The number of ketones is 2. The van der Waals surface area contributed by atoms with E-state index in [0.29, 0.717) is 23.0 Å². The molecule has 7 heteroatoms. The Labute approximate surface area is 188 Å². The van der Waals surface area contributed by atoms with E-state index in [1.807, 2.05) is 0 Å². The lowest BCUT2D eigenvalue weighted by Gasteiger charge is -2.10. The van der Waals surface area contributed by atoms with E-state index in [0.717, 1.165) is 11.1 Å². The minimum atomic E-state index is -0.854. The molecule has 0 aliphatic heterocycles. The van der Waals surface area contributed by atoms with Crippen molar-refractivity contribution in [2.75, 3.05) is 35.0 Å². The van der Waals surface area contributed by atoms with Crippen LogP contribution in [0.3, 0.4) is 0 Å². The van der Waals surface area contributed by atoms with Crippen LogP contribution in [0.1, 0.15) is 17.5 Å². The molecule has 0 atom stereocenters. The fourth-order valence-corrected chi connectivity index (χ4v) is 3.09. The van der Waals surface area contributed by atoms with Crippen molar-refractivity contribution in [3.05, 3.63) is 59.7 Å². The second-order valence-corrected chi connectivity index (χ2v) is 6.83. The first-order chi connectivity index (χ1) is 15.5. The summed E-state index contributed by atoms with van der Waals surface area (Å²) in [6.45, 7) is 0.219. The molecule has 0 amide bonds. The van der Waals surface area contributed by atoms with Crippen LogP contribution in [0, 0.1) is 5.92 Å². The highest BCUT2D eigenvalue weighted by molar-refractivity contribution is 6.13. The van der Waals surface area contributed by atoms with Crippen molar-refractivity contribution in [3.8, 4) is 23.0 Å². The summed E-state index contributed by atoms with van der Waals surface area (Å²) in [5.41, 5.74) is 7.14. The number of methoxy groups -OCH3 is 4. The Bertz CT molecular complexity index is 918. The van der Waals surface area contributed by atoms with Crippen LogP contribution < -0.4 is 24.7 Å². The standard InChI is InChI=1S/C25H29NO6/c1-29-22-11-7-17(15-24(22)31-3)5-9-20(27)19(13-14-26)21(28)10-6-18-8-12-23(30-2)25(16-18)32-4/h5-12,15-16,19H,13-14,26H2,1-4H3. The minimum Gasteiger partial charge on any atom is -0.493 e. The number of carbonyl (C=O) groups excluding carboxylic acids is 2. The molecule has 0 unspecified atom stereocenters. The monoisotopic (exact) mass is 439 g/mol. The molecule has 0 saturated carbocycles. The highest BCUT2D eigenvalue weighted by atomic mass is 16.5. The summed E-state index contributed by atoms with van der Waals surface area (Å²) in [5, 5.41) is 0. The van der Waals surface area contributed by atoms with E-state index < -0.39 is 5.92 Å². The van der Waals surface area contributed by atoms with Crippen LogP contribution in [-0.4, -0.2) is 46.6 Å². The van der Waals surface area contributed by atoms with Crippen molar-refractivity contribution in [1.82, 2.24) is 0 Å². The van der Waals surface area contributed by atoms with Crippen LogP contribution in [0.5, 0.6) is 23.0 Å².